The number of hydrogen-bond donors (Lipinski definition) is 1. The standard InChI is InChI=1S/C24H26N4OS/c1-5-30-24-26-23-21(27-28-24)19-8-6-7-9-20(19)25-22(29-23)16(4)14-17-10-12-18(13-11-17)15(2)3/h6-15,22,25H,5H2,1-4H3/b16-14+. The lowest BCUT2D eigenvalue weighted by Gasteiger charge is -2.20. The van der Waals surface area contributed by atoms with Crippen molar-refractivity contribution in [3.8, 4) is 17.1 Å². The van der Waals surface area contributed by atoms with E-state index >= 15 is 0 Å². The Balaban J connectivity index is 1.70. The quantitative estimate of drug-likeness (QED) is 0.512. The van der Waals surface area contributed by atoms with Crippen LogP contribution < -0.4 is 10.1 Å². The number of hydrogen-bond acceptors (Lipinski definition) is 6. The van der Waals surface area contributed by atoms with E-state index in [9.17, 15) is 0 Å². The molecule has 1 aliphatic heterocycles. The minimum absolute atomic E-state index is 0.353. The summed E-state index contributed by atoms with van der Waals surface area (Å²) in [6, 6.07) is 16.7. The van der Waals surface area contributed by atoms with Crippen LogP contribution in [0.2, 0.25) is 0 Å². The molecule has 30 heavy (non-hydrogen) atoms. The molecule has 0 aliphatic carbocycles. The van der Waals surface area contributed by atoms with E-state index in [4.69, 9.17) is 4.74 Å². The van der Waals surface area contributed by atoms with E-state index in [1.54, 1.807) is 11.8 Å². The van der Waals surface area contributed by atoms with Gasteiger partial charge in [-0.1, -0.05) is 81.1 Å². The predicted molar refractivity (Wildman–Crippen MR) is 124 cm³/mol. The Morgan fingerprint density at radius 2 is 1.90 bits per heavy atom. The Morgan fingerprint density at radius 1 is 1.13 bits per heavy atom. The molecule has 154 valence electrons. The van der Waals surface area contributed by atoms with Gasteiger partial charge in [0.15, 0.2) is 11.9 Å². The summed E-state index contributed by atoms with van der Waals surface area (Å²) in [5.74, 6) is 1.90. The first-order chi connectivity index (χ1) is 14.5. The summed E-state index contributed by atoms with van der Waals surface area (Å²) in [6.45, 7) is 8.54. The van der Waals surface area contributed by atoms with Crippen LogP contribution in [0.1, 0.15) is 44.7 Å². The number of anilines is 1. The van der Waals surface area contributed by atoms with Crippen LogP contribution in [0.5, 0.6) is 5.88 Å². The number of benzene rings is 2. The van der Waals surface area contributed by atoms with Crippen LogP contribution in [0.4, 0.5) is 5.69 Å². The molecule has 2 heterocycles. The maximum Gasteiger partial charge on any atom is 0.247 e. The normalized spacial score (nSPS) is 15.6. The average molecular weight is 419 g/mol. The van der Waals surface area contributed by atoms with Gasteiger partial charge in [0.25, 0.3) is 0 Å². The molecule has 0 radical (unpaired) electrons. The molecule has 6 heteroatoms. The van der Waals surface area contributed by atoms with Gasteiger partial charge in [-0.05, 0) is 41.4 Å². The highest BCUT2D eigenvalue weighted by molar-refractivity contribution is 7.99. The molecular weight excluding hydrogens is 392 g/mol. The molecule has 1 aliphatic rings. The van der Waals surface area contributed by atoms with Gasteiger partial charge >= 0.3 is 0 Å². The summed E-state index contributed by atoms with van der Waals surface area (Å²) in [6.07, 6.45) is 1.79. The van der Waals surface area contributed by atoms with Crippen molar-refractivity contribution in [1.29, 1.82) is 0 Å². The van der Waals surface area contributed by atoms with Crippen molar-refractivity contribution in [1.82, 2.24) is 15.2 Å². The average Bonchev–Trinajstić information content (AvgIpc) is 2.91. The number of nitrogens with one attached hydrogen (secondary N) is 1. The van der Waals surface area contributed by atoms with Crippen molar-refractivity contribution >= 4 is 23.5 Å². The summed E-state index contributed by atoms with van der Waals surface area (Å²) in [5, 5.41) is 12.8. The predicted octanol–water partition coefficient (Wildman–Crippen LogP) is 6.01. The van der Waals surface area contributed by atoms with E-state index in [0.29, 0.717) is 22.6 Å². The topological polar surface area (TPSA) is 59.9 Å². The van der Waals surface area contributed by atoms with Crippen LogP contribution in [-0.2, 0) is 0 Å². The molecule has 3 aromatic rings. The van der Waals surface area contributed by atoms with Crippen LogP contribution in [-0.4, -0.2) is 27.2 Å². The number of nitrogens with zero attached hydrogens (tertiary/aromatic N) is 3. The molecule has 0 saturated carbocycles. The van der Waals surface area contributed by atoms with Crippen LogP contribution in [0.25, 0.3) is 17.3 Å². The molecule has 0 saturated heterocycles. The number of rotatable bonds is 5. The van der Waals surface area contributed by atoms with Gasteiger partial charge in [0, 0.05) is 11.3 Å². The maximum atomic E-state index is 6.32. The van der Waals surface area contributed by atoms with Crippen molar-refractivity contribution in [3.63, 3.8) is 0 Å². The fourth-order valence-electron chi connectivity index (χ4n) is 3.36. The Hall–Kier alpha value is -2.86. The fraction of sp³-hybridized carbons (Fsp3) is 0.292. The molecule has 1 N–H and O–H groups in total. The van der Waals surface area contributed by atoms with Gasteiger partial charge in [0.1, 0.15) is 0 Å². The largest absolute Gasteiger partial charge is 0.448 e. The minimum Gasteiger partial charge on any atom is -0.448 e. The van der Waals surface area contributed by atoms with Crippen molar-refractivity contribution in [2.24, 2.45) is 0 Å². The highest BCUT2D eigenvalue weighted by atomic mass is 32.2. The highest BCUT2D eigenvalue weighted by Crippen LogP contribution is 2.37. The molecule has 5 nitrogen and oxygen atoms in total. The molecule has 0 fully saturated rings. The van der Waals surface area contributed by atoms with Crippen LogP contribution in [0.3, 0.4) is 0 Å². The fourth-order valence-corrected chi connectivity index (χ4v) is 3.86. The third-order valence-electron chi connectivity index (χ3n) is 5.02. The van der Waals surface area contributed by atoms with Crippen LogP contribution >= 0.6 is 11.8 Å². The Kier molecular flexibility index (Phi) is 6.04. The smallest absolute Gasteiger partial charge is 0.247 e. The van der Waals surface area contributed by atoms with Gasteiger partial charge in [-0.25, -0.2) is 0 Å². The first kappa shape index (κ1) is 20.4. The third-order valence-corrected chi connectivity index (χ3v) is 5.74. The molecule has 1 unspecified atom stereocenters. The Bertz CT molecular complexity index is 1060. The van der Waals surface area contributed by atoms with E-state index < -0.39 is 0 Å². The van der Waals surface area contributed by atoms with Gasteiger partial charge in [0.05, 0.1) is 0 Å². The molecule has 1 atom stereocenters. The Labute approximate surface area is 182 Å². The highest BCUT2D eigenvalue weighted by Gasteiger charge is 2.25. The van der Waals surface area contributed by atoms with Crippen molar-refractivity contribution in [2.75, 3.05) is 11.1 Å². The molecule has 0 bridgehead atoms. The van der Waals surface area contributed by atoms with Crippen molar-refractivity contribution in [2.45, 2.75) is 45.0 Å². The number of aromatic nitrogens is 3. The maximum absolute atomic E-state index is 6.32. The van der Waals surface area contributed by atoms with Crippen molar-refractivity contribution < 1.29 is 4.74 Å². The summed E-state index contributed by atoms with van der Waals surface area (Å²) < 4.78 is 6.32. The first-order valence-electron chi connectivity index (χ1n) is 10.2. The second kappa shape index (κ2) is 8.88. The summed E-state index contributed by atoms with van der Waals surface area (Å²) >= 11 is 1.55. The zero-order chi connectivity index (χ0) is 21.1. The molecule has 2 aromatic carbocycles. The van der Waals surface area contributed by atoms with E-state index in [1.165, 1.54) is 5.56 Å². The second-order valence-electron chi connectivity index (χ2n) is 7.58. The summed E-state index contributed by atoms with van der Waals surface area (Å²) in [7, 11) is 0. The third kappa shape index (κ3) is 4.33. The summed E-state index contributed by atoms with van der Waals surface area (Å²) in [5.41, 5.74) is 6.09. The van der Waals surface area contributed by atoms with Crippen LogP contribution in [0.15, 0.2) is 59.3 Å². The van der Waals surface area contributed by atoms with Gasteiger partial charge < -0.3 is 10.1 Å². The number of para-hydroxylation sites is 1. The minimum atomic E-state index is -0.353. The van der Waals surface area contributed by atoms with Crippen LogP contribution in [0, 0.1) is 0 Å². The van der Waals surface area contributed by atoms with Gasteiger partial charge in [-0.2, -0.15) is 4.98 Å². The lowest BCUT2D eigenvalue weighted by atomic mass is 10.0. The van der Waals surface area contributed by atoms with E-state index in [1.807, 2.05) is 24.3 Å². The second-order valence-corrected chi connectivity index (χ2v) is 8.81. The lowest BCUT2D eigenvalue weighted by Crippen LogP contribution is -2.27. The number of thioether (sulfide) groups is 1. The zero-order valence-corrected chi connectivity index (χ0v) is 18.5. The molecule has 4 rings (SSSR count). The zero-order valence-electron chi connectivity index (χ0n) is 17.7. The Morgan fingerprint density at radius 3 is 2.63 bits per heavy atom. The lowest BCUT2D eigenvalue weighted by molar-refractivity contribution is 0.255. The monoisotopic (exact) mass is 418 g/mol. The number of fused-ring (bicyclic) bond motifs is 3. The molecule has 1 aromatic heterocycles. The molecule has 0 spiro atoms. The number of ether oxygens (including phenoxy) is 1. The van der Waals surface area contributed by atoms with E-state index in [2.05, 4.69) is 78.5 Å². The first-order valence-corrected chi connectivity index (χ1v) is 11.2. The molecular formula is C24H26N4OS. The SMILES string of the molecule is CCSc1nnc2c(n1)OC(/C(C)=C/c1ccc(C(C)C)cc1)Nc1ccccc1-2. The van der Waals surface area contributed by atoms with Gasteiger partial charge in [0.2, 0.25) is 11.0 Å². The summed E-state index contributed by atoms with van der Waals surface area (Å²) in [4.78, 5) is 4.63. The molecule has 0 amide bonds. The van der Waals surface area contributed by atoms with Crippen molar-refractivity contribution in [3.05, 3.63) is 65.2 Å². The van der Waals surface area contributed by atoms with Gasteiger partial charge in [-0.15, -0.1) is 10.2 Å². The van der Waals surface area contributed by atoms with E-state index in [0.717, 1.165) is 28.1 Å². The van der Waals surface area contributed by atoms with Gasteiger partial charge in [-0.3, -0.25) is 0 Å². The van der Waals surface area contributed by atoms with E-state index in [-0.39, 0.29) is 6.23 Å².